The molecule has 16 heavy (non-hydrogen) atoms. The van der Waals surface area contributed by atoms with Crippen molar-refractivity contribution in [1.29, 1.82) is 0 Å². The fourth-order valence-corrected chi connectivity index (χ4v) is 1.92. The van der Waals surface area contributed by atoms with Gasteiger partial charge >= 0.3 is 0 Å². The normalized spacial score (nSPS) is 16.0. The highest BCUT2D eigenvalue weighted by atomic mass is 35.5. The molecule has 0 saturated carbocycles. The first kappa shape index (κ1) is 11.5. The van der Waals surface area contributed by atoms with Gasteiger partial charge < -0.3 is 15.2 Å². The Balaban J connectivity index is 2.59. The first-order valence-electron chi connectivity index (χ1n) is 5.12. The highest BCUT2D eigenvalue weighted by molar-refractivity contribution is 6.31. The molecule has 2 N–H and O–H groups in total. The highest BCUT2D eigenvalue weighted by Crippen LogP contribution is 2.42. The van der Waals surface area contributed by atoms with Crippen LogP contribution in [0.4, 0.5) is 4.39 Å². The van der Waals surface area contributed by atoms with E-state index >= 15 is 0 Å². The molecule has 1 aromatic carbocycles. The molecule has 0 amide bonds. The van der Waals surface area contributed by atoms with Crippen LogP contribution in [-0.4, -0.2) is 19.8 Å². The first-order valence-corrected chi connectivity index (χ1v) is 5.50. The van der Waals surface area contributed by atoms with Crippen molar-refractivity contribution in [3.63, 3.8) is 0 Å². The Labute approximate surface area is 98.3 Å². The maximum absolute atomic E-state index is 13.9. The molecule has 5 heteroatoms. The van der Waals surface area contributed by atoms with Crippen molar-refractivity contribution in [2.24, 2.45) is 5.73 Å². The molecular weight excluding hydrogens is 233 g/mol. The summed E-state index contributed by atoms with van der Waals surface area (Å²) in [5.74, 6) is 0.303. The summed E-state index contributed by atoms with van der Waals surface area (Å²) >= 11 is 5.80. The van der Waals surface area contributed by atoms with Gasteiger partial charge in [0, 0.05) is 17.5 Å². The molecule has 1 aliphatic rings. The van der Waals surface area contributed by atoms with E-state index in [0.29, 0.717) is 36.8 Å². The van der Waals surface area contributed by atoms with Crippen LogP contribution >= 0.6 is 11.6 Å². The summed E-state index contributed by atoms with van der Waals surface area (Å²) in [5, 5.41) is 0.0413. The monoisotopic (exact) mass is 245 g/mol. The minimum Gasteiger partial charge on any atom is -0.486 e. The van der Waals surface area contributed by atoms with E-state index in [-0.39, 0.29) is 10.9 Å². The largest absolute Gasteiger partial charge is 0.486 e. The smallest absolute Gasteiger partial charge is 0.167 e. The summed E-state index contributed by atoms with van der Waals surface area (Å²) in [5.41, 5.74) is 5.96. The topological polar surface area (TPSA) is 44.5 Å². The van der Waals surface area contributed by atoms with E-state index in [1.807, 2.05) is 6.92 Å². The zero-order valence-electron chi connectivity index (χ0n) is 8.93. The van der Waals surface area contributed by atoms with Crippen LogP contribution < -0.4 is 15.2 Å². The van der Waals surface area contributed by atoms with Gasteiger partial charge in [0.2, 0.25) is 0 Å². The van der Waals surface area contributed by atoms with Gasteiger partial charge in [-0.1, -0.05) is 18.5 Å². The lowest BCUT2D eigenvalue weighted by Crippen LogP contribution is -2.20. The van der Waals surface area contributed by atoms with Crippen LogP contribution in [0.25, 0.3) is 0 Å². The van der Waals surface area contributed by atoms with Crippen LogP contribution in [0.1, 0.15) is 18.4 Å². The van der Waals surface area contributed by atoms with Crippen molar-refractivity contribution in [3.8, 4) is 11.5 Å². The third kappa shape index (κ3) is 1.83. The molecule has 0 aliphatic carbocycles. The molecule has 0 radical (unpaired) electrons. The van der Waals surface area contributed by atoms with E-state index < -0.39 is 5.82 Å². The molecule has 88 valence electrons. The van der Waals surface area contributed by atoms with Crippen molar-refractivity contribution >= 4 is 11.6 Å². The molecular formula is C11H13ClFNO2. The molecule has 3 nitrogen and oxygen atoms in total. The van der Waals surface area contributed by atoms with Gasteiger partial charge in [0.05, 0.1) is 5.02 Å². The second-order valence-corrected chi connectivity index (χ2v) is 4.15. The Morgan fingerprint density at radius 3 is 2.88 bits per heavy atom. The summed E-state index contributed by atoms with van der Waals surface area (Å²) in [7, 11) is 0. The van der Waals surface area contributed by atoms with Crippen LogP contribution in [0, 0.1) is 5.82 Å². The Morgan fingerprint density at radius 1 is 1.50 bits per heavy atom. The standard InChI is InChI=1S/C11H13ClFNO2/c1-6(5-14)9-10(13)7(12)4-8-11(9)16-3-2-15-8/h4,6H,2-3,5,14H2,1H3. The van der Waals surface area contributed by atoms with Crippen molar-refractivity contribution in [2.75, 3.05) is 19.8 Å². The van der Waals surface area contributed by atoms with Gasteiger partial charge in [-0.05, 0) is 6.54 Å². The number of ether oxygens (including phenoxy) is 2. The lowest BCUT2D eigenvalue weighted by Gasteiger charge is -2.24. The van der Waals surface area contributed by atoms with E-state index in [1.165, 1.54) is 6.07 Å². The molecule has 0 spiro atoms. The summed E-state index contributed by atoms with van der Waals surface area (Å²) < 4.78 is 24.7. The number of fused-ring (bicyclic) bond motifs is 1. The predicted molar refractivity (Wildman–Crippen MR) is 59.9 cm³/mol. The number of hydrogen-bond acceptors (Lipinski definition) is 3. The highest BCUT2D eigenvalue weighted by Gasteiger charge is 2.25. The summed E-state index contributed by atoms with van der Waals surface area (Å²) in [4.78, 5) is 0. The number of halogens is 2. The van der Waals surface area contributed by atoms with Crippen molar-refractivity contribution in [1.82, 2.24) is 0 Å². The maximum atomic E-state index is 13.9. The van der Waals surface area contributed by atoms with Crippen molar-refractivity contribution in [2.45, 2.75) is 12.8 Å². The number of rotatable bonds is 2. The maximum Gasteiger partial charge on any atom is 0.167 e. The molecule has 0 bridgehead atoms. The van der Waals surface area contributed by atoms with Crippen LogP contribution in [0.5, 0.6) is 11.5 Å². The van der Waals surface area contributed by atoms with Crippen LogP contribution in [0.2, 0.25) is 5.02 Å². The fraction of sp³-hybridized carbons (Fsp3) is 0.455. The first-order chi connectivity index (χ1) is 7.65. The van der Waals surface area contributed by atoms with E-state index in [2.05, 4.69) is 0 Å². The van der Waals surface area contributed by atoms with Gasteiger partial charge in [-0.25, -0.2) is 4.39 Å². The molecule has 0 fully saturated rings. The van der Waals surface area contributed by atoms with E-state index in [1.54, 1.807) is 0 Å². The lowest BCUT2D eigenvalue weighted by molar-refractivity contribution is 0.168. The Kier molecular flexibility index (Phi) is 3.21. The lowest BCUT2D eigenvalue weighted by atomic mass is 9.99. The predicted octanol–water partition coefficient (Wildman–Crippen LogP) is 2.31. The number of nitrogens with two attached hydrogens (primary N) is 1. The molecule has 1 aromatic rings. The van der Waals surface area contributed by atoms with Gasteiger partial charge in [-0.15, -0.1) is 0 Å². The molecule has 1 unspecified atom stereocenters. The molecule has 1 atom stereocenters. The second kappa shape index (κ2) is 4.47. The zero-order valence-corrected chi connectivity index (χ0v) is 9.68. The van der Waals surface area contributed by atoms with Gasteiger partial charge in [-0.2, -0.15) is 0 Å². The third-order valence-electron chi connectivity index (χ3n) is 2.61. The van der Waals surface area contributed by atoms with E-state index in [0.717, 1.165) is 0 Å². The van der Waals surface area contributed by atoms with Gasteiger partial charge in [0.15, 0.2) is 11.5 Å². The van der Waals surface area contributed by atoms with E-state index in [4.69, 9.17) is 26.8 Å². The summed E-state index contributed by atoms with van der Waals surface area (Å²) in [6.07, 6.45) is 0. The Bertz CT molecular complexity index is 411. The van der Waals surface area contributed by atoms with Crippen molar-refractivity contribution < 1.29 is 13.9 Å². The minimum absolute atomic E-state index is 0.0413. The van der Waals surface area contributed by atoms with Gasteiger partial charge in [-0.3, -0.25) is 0 Å². The zero-order chi connectivity index (χ0) is 11.7. The van der Waals surface area contributed by atoms with Gasteiger partial charge in [0.1, 0.15) is 19.0 Å². The summed E-state index contributed by atoms with van der Waals surface area (Å²) in [6, 6.07) is 1.44. The molecule has 2 rings (SSSR count). The molecule has 1 aliphatic heterocycles. The third-order valence-corrected chi connectivity index (χ3v) is 2.88. The Morgan fingerprint density at radius 2 is 2.19 bits per heavy atom. The van der Waals surface area contributed by atoms with Crippen LogP contribution in [0.15, 0.2) is 6.07 Å². The number of hydrogen-bond donors (Lipinski definition) is 1. The summed E-state index contributed by atoms with van der Waals surface area (Å²) in [6.45, 7) is 3.02. The number of benzene rings is 1. The van der Waals surface area contributed by atoms with Crippen LogP contribution in [-0.2, 0) is 0 Å². The van der Waals surface area contributed by atoms with Crippen LogP contribution in [0.3, 0.4) is 0 Å². The SMILES string of the molecule is CC(CN)c1c(F)c(Cl)cc2c1OCCO2. The van der Waals surface area contributed by atoms with Gasteiger partial charge in [0.25, 0.3) is 0 Å². The Hall–Kier alpha value is -1.00. The average molecular weight is 246 g/mol. The fourth-order valence-electron chi connectivity index (χ4n) is 1.71. The van der Waals surface area contributed by atoms with Crippen molar-refractivity contribution in [3.05, 3.63) is 22.5 Å². The molecule has 0 aromatic heterocycles. The quantitative estimate of drug-likeness (QED) is 0.870. The second-order valence-electron chi connectivity index (χ2n) is 3.75. The minimum atomic E-state index is -0.469. The van der Waals surface area contributed by atoms with E-state index in [9.17, 15) is 4.39 Å². The molecule has 1 heterocycles. The molecule has 0 saturated heterocycles. The average Bonchev–Trinajstić information content (AvgIpc) is 2.30.